The van der Waals surface area contributed by atoms with Gasteiger partial charge in [0.1, 0.15) is 5.54 Å². The molecule has 1 atom stereocenters. The van der Waals surface area contributed by atoms with Gasteiger partial charge in [-0.2, -0.15) is 5.10 Å². The number of carboxylic acid groups (broad SMARTS) is 1. The fraction of sp³-hybridized carbons (Fsp3) is 0.692. The smallest absolute Gasteiger partial charge is 0.323 e. The number of likely N-dealkylation sites (tertiary alicyclic amines) is 1. The quantitative estimate of drug-likeness (QED) is 0.885. The third-order valence-electron chi connectivity index (χ3n) is 3.88. The van der Waals surface area contributed by atoms with Crippen molar-refractivity contribution >= 4 is 5.97 Å². The van der Waals surface area contributed by atoms with E-state index in [-0.39, 0.29) is 0 Å². The second-order valence-electron chi connectivity index (χ2n) is 5.16. The molecular formula is C13H21N3O2. The molecule has 100 valence electrons. The van der Waals surface area contributed by atoms with E-state index in [1.54, 1.807) is 0 Å². The monoisotopic (exact) mass is 251 g/mol. The molecule has 0 amide bonds. The van der Waals surface area contributed by atoms with Crippen molar-refractivity contribution in [3.8, 4) is 0 Å². The van der Waals surface area contributed by atoms with Gasteiger partial charge in [0.15, 0.2) is 0 Å². The van der Waals surface area contributed by atoms with Crippen LogP contribution in [0.3, 0.4) is 0 Å². The van der Waals surface area contributed by atoms with Crippen LogP contribution in [0.25, 0.3) is 0 Å². The van der Waals surface area contributed by atoms with Crippen LogP contribution in [-0.4, -0.2) is 37.8 Å². The third-order valence-corrected chi connectivity index (χ3v) is 3.88. The van der Waals surface area contributed by atoms with Gasteiger partial charge in [0.25, 0.3) is 0 Å². The lowest BCUT2D eigenvalue weighted by Crippen LogP contribution is -2.54. The zero-order valence-corrected chi connectivity index (χ0v) is 11.1. The molecule has 5 heteroatoms. The maximum absolute atomic E-state index is 11.5. The minimum Gasteiger partial charge on any atom is -0.480 e. The van der Waals surface area contributed by atoms with Crippen LogP contribution in [0.5, 0.6) is 0 Å². The summed E-state index contributed by atoms with van der Waals surface area (Å²) in [5, 5.41) is 13.7. The maximum Gasteiger partial charge on any atom is 0.323 e. The van der Waals surface area contributed by atoms with Crippen molar-refractivity contribution in [2.24, 2.45) is 0 Å². The summed E-state index contributed by atoms with van der Waals surface area (Å²) in [4.78, 5) is 13.5. The van der Waals surface area contributed by atoms with E-state index in [1.165, 1.54) is 0 Å². The molecule has 0 radical (unpaired) electrons. The fourth-order valence-electron chi connectivity index (χ4n) is 2.55. The first-order valence-corrected chi connectivity index (χ1v) is 6.56. The van der Waals surface area contributed by atoms with Crippen LogP contribution in [0.15, 0.2) is 12.4 Å². The lowest BCUT2D eigenvalue weighted by Gasteiger charge is -2.41. The van der Waals surface area contributed by atoms with E-state index in [1.807, 2.05) is 30.9 Å². The molecule has 0 spiro atoms. The van der Waals surface area contributed by atoms with Gasteiger partial charge < -0.3 is 5.11 Å². The molecule has 1 saturated heterocycles. The molecule has 0 saturated carbocycles. The van der Waals surface area contributed by atoms with Gasteiger partial charge in [-0.25, -0.2) is 0 Å². The van der Waals surface area contributed by atoms with Gasteiger partial charge in [0, 0.05) is 24.8 Å². The number of carboxylic acids is 1. The molecular weight excluding hydrogens is 230 g/mol. The van der Waals surface area contributed by atoms with Gasteiger partial charge in [-0.05, 0) is 39.7 Å². The summed E-state index contributed by atoms with van der Waals surface area (Å²) in [5.41, 5.74) is 0.359. The van der Waals surface area contributed by atoms with Crippen molar-refractivity contribution in [3.63, 3.8) is 0 Å². The van der Waals surface area contributed by atoms with Crippen LogP contribution in [0.4, 0.5) is 0 Å². The molecule has 0 aromatic carbocycles. The molecule has 1 aromatic rings. The number of hydrogen-bond donors (Lipinski definition) is 1. The number of aryl methyl sites for hydroxylation is 1. The molecule has 5 nitrogen and oxygen atoms in total. The van der Waals surface area contributed by atoms with E-state index in [0.29, 0.717) is 6.54 Å². The van der Waals surface area contributed by atoms with Gasteiger partial charge in [-0.15, -0.1) is 0 Å². The van der Waals surface area contributed by atoms with Crippen molar-refractivity contribution in [1.29, 1.82) is 0 Å². The number of aromatic nitrogens is 2. The predicted octanol–water partition coefficient (Wildman–Crippen LogP) is 1.73. The van der Waals surface area contributed by atoms with Crippen molar-refractivity contribution in [2.75, 3.05) is 6.54 Å². The first-order chi connectivity index (χ1) is 8.56. The van der Waals surface area contributed by atoms with E-state index < -0.39 is 11.5 Å². The average molecular weight is 251 g/mol. The molecule has 1 aliphatic rings. The summed E-state index contributed by atoms with van der Waals surface area (Å²) in [5.74, 6) is -0.718. The second kappa shape index (κ2) is 5.10. The second-order valence-corrected chi connectivity index (χ2v) is 5.16. The summed E-state index contributed by atoms with van der Waals surface area (Å²) in [6, 6.07) is 0. The molecule has 1 fully saturated rings. The van der Waals surface area contributed by atoms with E-state index in [0.717, 1.165) is 37.9 Å². The molecule has 2 rings (SSSR count). The van der Waals surface area contributed by atoms with Crippen molar-refractivity contribution in [2.45, 2.75) is 51.7 Å². The minimum atomic E-state index is -0.730. The van der Waals surface area contributed by atoms with Gasteiger partial charge >= 0.3 is 5.97 Å². The van der Waals surface area contributed by atoms with Crippen LogP contribution in [0.2, 0.25) is 0 Å². The van der Waals surface area contributed by atoms with Crippen LogP contribution in [0.1, 0.15) is 38.7 Å². The number of piperidine rings is 1. The Hall–Kier alpha value is -1.36. The number of aliphatic carboxylic acids is 1. The SMILES string of the molecule is CCn1cc(CN2CCCCC2(C)C(=O)O)cn1. The molecule has 18 heavy (non-hydrogen) atoms. The van der Waals surface area contributed by atoms with Crippen LogP contribution in [-0.2, 0) is 17.9 Å². The Morgan fingerprint density at radius 3 is 2.94 bits per heavy atom. The van der Waals surface area contributed by atoms with Crippen LogP contribution in [0, 0.1) is 0 Å². The summed E-state index contributed by atoms with van der Waals surface area (Å²) in [6.45, 7) is 6.23. The first-order valence-electron chi connectivity index (χ1n) is 6.56. The standard InChI is InChI=1S/C13H21N3O2/c1-3-16-10-11(8-14-16)9-15-7-5-4-6-13(15,2)12(17)18/h8,10H,3-7,9H2,1-2H3,(H,17,18). The zero-order chi connectivity index (χ0) is 13.2. The highest BCUT2D eigenvalue weighted by Gasteiger charge is 2.41. The Balaban J connectivity index is 2.12. The third kappa shape index (κ3) is 2.41. The Morgan fingerprint density at radius 2 is 2.33 bits per heavy atom. The normalized spacial score (nSPS) is 25.2. The van der Waals surface area contributed by atoms with Gasteiger partial charge in [0.05, 0.1) is 6.20 Å². The van der Waals surface area contributed by atoms with Gasteiger partial charge in [-0.3, -0.25) is 14.4 Å². The van der Waals surface area contributed by atoms with E-state index in [9.17, 15) is 9.90 Å². The zero-order valence-electron chi connectivity index (χ0n) is 11.1. The Bertz CT molecular complexity index is 430. The van der Waals surface area contributed by atoms with Crippen LogP contribution < -0.4 is 0 Å². The number of rotatable bonds is 4. The molecule has 1 N–H and O–H groups in total. The summed E-state index contributed by atoms with van der Waals surface area (Å²) >= 11 is 0. The lowest BCUT2D eigenvalue weighted by molar-refractivity contribution is -0.153. The predicted molar refractivity (Wildman–Crippen MR) is 68.2 cm³/mol. The largest absolute Gasteiger partial charge is 0.480 e. The molecule has 1 aromatic heterocycles. The molecule has 2 heterocycles. The Kier molecular flexibility index (Phi) is 3.71. The van der Waals surface area contributed by atoms with Crippen molar-refractivity contribution < 1.29 is 9.90 Å². The highest BCUT2D eigenvalue weighted by atomic mass is 16.4. The minimum absolute atomic E-state index is 0.669. The van der Waals surface area contributed by atoms with E-state index in [4.69, 9.17) is 0 Å². The molecule has 0 bridgehead atoms. The highest BCUT2D eigenvalue weighted by Crippen LogP contribution is 2.29. The summed E-state index contributed by atoms with van der Waals surface area (Å²) < 4.78 is 1.87. The Morgan fingerprint density at radius 1 is 1.56 bits per heavy atom. The topological polar surface area (TPSA) is 58.4 Å². The van der Waals surface area contributed by atoms with E-state index >= 15 is 0 Å². The van der Waals surface area contributed by atoms with Gasteiger partial charge in [-0.1, -0.05) is 0 Å². The number of hydrogen-bond acceptors (Lipinski definition) is 3. The number of nitrogens with zero attached hydrogens (tertiary/aromatic N) is 3. The average Bonchev–Trinajstić information content (AvgIpc) is 2.80. The van der Waals surface area contributed by atoms with Crippen molar-refractivity contribution in [1.82, 2.24) is 14.7 Å². The fourth-order valence-corrected chi connectivity index (χ4v) is 2.55. The van der Waals surface area contributed by atoms with E-state index in [2.05, 4.69) is 10.00 Å². The van der Waals surface area contributed by atoms with Crippen LogP contribution >= 0.6 is 0 Å². The molecule has 1 aliphatic heterocycles. The molecule has 1 unspecified atom stereocenters. The Labute approximate surface area is 107 Å². The van der Waals surface area contributed by atoms with Crippen molar-refractivity contribution in [3.05, 3.63) is 18.0 Å². The maximum atomic E-state index is 11.5. The summed E-state index contributed by atoms with van der Waals surface area (Å²) in [6.07, 6.45) is 6.62. The van der Waals surface area contributed by atoms with Gasteiger partial charge in [0.2, 0.25) is 0 Å². The molecule has 0 aliphatic carbocycles. The highest BCUT2D eigenvalue weighted by molar-refractivity contribution is 5.78. The first kappa shape index (κ1) is 13.1. The summed E-state index contributed by atoms with van der Waals surface area (Å²) in [7, 11) is 0. The lowest BCUT2D eigenvalue weighted by atomic mass is 9.88. The number of carbonyl (C=O) groups is 1.